The fraction of sp³-hybridized carbons (Fsp3) is 0.211. The Hall–Kier alpha value is -2.71. The van der Waals surface area contributed by atoms with Gasteiger partial charge in [0.2, 0.25) is 5.16 Å². The maximum absolute atomic E-state index is 6.35. The summed E-state index contributed by atoms with van der Waals surface area (Å²) in [5.41, 5.74) is 2.68. The van der Waals surface area contributed by atoms with Crippen LogP contribution < -0.4 is 14.2 Å². The number of fused-ring (bicyclic) bond motifs is 1. The molecule has 0 saturated heterocycles. The van der Waals surface area contributed by atoms with E-state index < -0.39 is 0 Å². The maximum Gasteiger partial charge on any atom is 0.212 e. The van der Waals surface area contributed by atoms with Crippen LogP contribution in [-0.2, 0) is 0 Å². The number of nitrogens with zero attached hydrogens (tertiary/aromatic N) is 4. The SMILES string of the molecule is COc1ccc(C2=Nn3c(nnc3-c3cc(Cl)c(OC)c(OC)c3)SC2)cc1. The Bertz CT molecular complexity index is 1050. The van der Waals surface area contributed by atoms with Crippen LogP contribution in [0.25, 0.3) is 11.4 Å². The molecule has 1 aromatic heterocycles. The van der Waals surface area contributed by atoms with Crippen molar-refractivity contribution in [2.24, 2.45) is 5.10 Å². The molecule has 3 aromatic rings. The van der Waals surface area contributed by atoms with Gasteiger partial charge in [-0.1, -0.05) is 23.4 Å². The minimum Gasteiger partial charge on any atom is -0.497 e. The fourth-order valence-corrected chi connectivity index (χ4v) is 4.01. The summed E-state index contributed by atoms with van der Waals surface area (Å²) in [4.78, 5) is 0. The van der Waals surface area contributed by atoms with E-state index in [-0.39, 0.29) is 0 Å². The van der Waals surface area contributed by atoms with Crippen LogP contribution in [0.2, 0.25) is 5.02 Å². The molecular formula is C19H17ClN4O3S. The molecule has 0 unspecified atom stereocenters. The van der Waals surface area contributed by atoms with E-state index >= 15 is 0 Å². The molecule has 0 saturated carbocycles. The summed E-state index contributed by atoms with van der Waals surface area (Å²) in [6.45, 7) is 0. The molecule has 0 bridgehead atoms. The second kappa shape index (κ2) is 7.73. The highest BCUT2D eigenvalue weighted by Crippen LogP contribution is 2.39. The Kier molecular flexibility index (Phi) is 5.15. The number of benzene rings is 2. The maximum atomic E-state index is 6.35. The highest BCUT2D eigenvalue weighted by molar-refractivity contribution is 7.99. The summed E-state index contributed by atoms with van der Waals surface area (Å²) in [6, 6.07) is 11.4. The number of aromatic nitrogens is 3. The van der Waals surface area contributed by atoms with Crippen LogP contribution in [-0.4, -0.2) is 47.7 Å². The number of rotatable bonds is 5. The zero-order valence-electron chi connectivity index (χ0n) is 15.5. The summed E-state index contributed by atoms with van der Waals surface area (Å²) in [5.74, 6) is 3.08. The lowest BCUT2D eigenvalue weighted by Crippen LogP contribution is -2.13. The molecule has 9 heteroatoms. The van der Waals surface area contributed by atoms with Crippen molar-refractivity contribution in [2.75, 3.05) is 27.1 Å². The van der Waals surface area contributed by atoms with E-state index in [0.29, 0.717) is 28.1 Å². The second-order valence-corrected chi connectivity index (χ2v) is 7.23. The summed E-state index contributed by atoms with van der Waals surface area (Å²) in [7, 11) is 4.75. The van der Waals surface area contributed by atoms with Gasteiger partial charge < -0.3 is 14.2 Å². The van der Waals surface area contributed by atoms with Gasteiger partial charge in [-0.05, 0) is 42.0 Å². The van der Waals surface area contributed by atoms with E-state index in [0.717, 1.165) is 27.7 Å². The smallest absolute Gasteiger partial charge is 0.212 e. The van der Waals surface area contributed by atoms with E-state index in [2.05, 4.69) is 10.2 Å². The van der Waals surface area contributed by atoms with Crippen LogP contribution >= 0.6 is 23.4 Å². The minimum absolute atomic E-state index is 0.428. The van der Waals surface area contributed by atoms with Gasteiger partial charge >= 0.3 is 0 Å². The Morgan fingerprint density at radius 2 is 1.75 bits per heavy atom. The van der Waals surface area contributed by atoms with Crippen LogP contribution in [0.5, 0.6) is 17.2 Å². The number of hydrogen-bond acceptors (Lipinski definition) is 7. The van der Waals surface area contributed by atoms with E-state index in [1.54, 1.807) is 43.8 Å². The second-order valence-electron chi connectivity index (χ2n) is 5.88. The van der Waals surface area contributed by atoms with Crippen molar-refractivity contribution < 1.29 is 14.2 Å². The first-order valence-electron chi connectivity index (χ1n) is 8.37. The summed E-state index contributed by atoms with van der Waals surface area (Å²) < 4.78 is 17.6. The van der Waals surface area contributed by atoms with E-state index in [1.807, 2.05) is 30.3 Å². The molecule has 0 amide bonds. The van der Waals surface area contributed by atoms with Crippen molar-refractivity contribution in [3.63, 3.8) is 0 Å². The first kappa shape index (κ1) is 18.6. The Morgan fingerprint density at radius 3 is 2.43 bits per heavy atom. The minimum atomic E-state index is 0.428. The van der Waals surface area contributed by atoms with Gasteiger partial charge in [0.1, 0.15) is 5.75 Å². The summed E-state index contributed by atoms with van der Waals surface area (Å²) >= 11 is 7.93. The Labute approximate surface area is 171 Å². The van der Waals surface area contributed by atoms with Crippen LogP contribution in [0.4, 0.5) is 0 Å². The molecule has 2 heterocycles. The van der Waals surface area contributed by atoms with Crippen molar-refractivity contribution in [2.45, 2.75) is 5.16 Å². The van der Waals surface area contributed by atoms with Crippen molar-refractivity contribution in [3.05, 3.63) is 47.0 Å². The average molecular weight is 417 g/mol. The van der Waals surface area contributed by atoms with Gasteiger partial charge in [-0.25, -0.2) is 0 Å². The number of thioether (sulfide) groups is 1. The third-order valence-corrected chi connectivity index (χ3v) is 5.50. The largest absolute Gasteiger partial charge is 0.497 e. The predicted octanol–water partition coefficient (Wildman–Crippen LogP) is 3.98. The molecule has 7 nitrogen and oxygen atoms in total. The molecule has 0 fully saturated rings. The van der Waals surface area contributed by atoms with E-state index in [4.69, 9.17) is 30.9 Å². The molecule has 0 atom stereocenters. The van der Waals surface area contributed by atoms with Crippen LogP contribution in [0.15, 0.2) is 46.7 Å². The molecule has 0 aliphatic carbocycles. The van der Waals surface area contributed by atoms with E-state index in [9.17, 15) is 0 Å². The molecule has 0 spiro atoms. The van der Waals surface area contributed by atoms with Gasteiger partial charge in [0.05, 0.1) is 32.1 Å². The molecule has 0 radical (unpaired) electrons. The topological polar surface area (TPSA) is 70.8 Å². The molecule has 4 rings (SSSR count). The molecule has 1 aliphatic rings. The zero-order valence-corrected chi connectivity index (χ0v) is 17.0. The first-order chi connectivity index (χ1) is 13.6. The highest BCUT2D eigenvalue weighted by atomic mass is 35.5. The first-order valence-corrected chi connectivity index (χ1v) is 9.73. The zero-order chi connectivity index (χ0) is 19.7. The lowest BCUT2D eigenvalue weighted by molar-refractivity contribution is 0.355. The van der Waals surface area contributed by atoms with Gasteiger partial charge in [0.25, 0.3) is 0 Å². The van der Waals surface area contributed by atoms with Gasteiger partial charge in [0.15, 0.2) is 17.3 Å². The van der Waals surface area contributed by atoms with Gasteiger partial charge in [0, 0.05) is 11.3 Å². The average Bonchev–Trinajstić information content (AvgIpc) is 3.16. The van der Waals surface area contributed by atoms with E-state index in [1.165, 1.54) is 0 Å². The molecule has 28 heavy (non-hydrogen) atoms. The monoisotopic (exact) mass is 416 g/mol. The standard InChI is InChI=1S/C19H17ClN4O3S/c1-25-13-6-4-11(5-7-13)15-10-28-19-22-21-18(24(19)23-15)12-8-14(20)17(27-3)16(9-12)26-2/h4-9H,10H2,1-3H3. The third-order valence-electron chi connectivity index (χ3n) is 4.29. The summed E-state index contributed by atoms with van der Waals surface area (Å²) in [6.07, 6.45) is 0. The summed E-state index contributed by atoms with van der Waals surface area (Å²) in [5, 5.41) is 14.5. The molecule has 2 aromatic carbocycles. The predicted molar refractivity (Wildman–Crippen MR) is 109 cm³/mol. The lowest BCUT2D eigenvalue weighted by atomic mass is 10.1. The van der Waals surface area contributed by atoms with Crippen LogP contribution in [0.3, 0.4) is 0 Å². The Morgan fingerprint density at radius 1 is 0.964 bits per heavy atom. The van der Waals surface area contributed by atoms with Crippen molar-refractivity contribution >= 4 is 29.1 Å². The van der Waals surface area contributed by atoms with Gasteiger partial charge in [-0.15, -0.1) is 10.2 Å². The Balaban J connectivity index is 1.77. The molecule has 0 N–H and O–H groups in total. The molecular weight excluding hydrogens is 400 g/mol. The third kappa shape index (κ3) is 3.29. The quantitative estimate of drug-likeness (QED) is 0.626. The lowest BCUT2D eigenvalue weighted by Gasteiger charge is -2.15. The van der Waals surface area contributed by atoms with Crippen molar-refractivity contribution in [1.29, 1.82) is 0 Å². The number of methoxy groups -OCH3 is 3. The number of ether oxygens (including phenoxy) is 3. The molecule has 144 valence electrons. The van der Waals surface area contributed by atoms with Crippen molar-refractivity contribution in [3.8, 4) is 28.6 Å². The van der Waals surface area contributed by atoms with Crippen LogP contribution in [0.1, 0.15) is 5.56 Å². The molecule has 1 aliphatic heterocycles. The number of halogens is 1. The fourth-order valence-electron chi connectivity index (χ4n) is 2.88. The normalized spacial score (nSPS) is 12.9. The van der Waals surface area contributed by atoms with Crippen LogP contribution in [0, 0.1) is 0 Å². The van der Waals surface area contributed by atoms with Gasteiger partial charge in [-0.2, -0.15) is 9.78 Å². The highest BCUT2D eigenvalue weighted by Gasteiger charge is 2.22. The van der Waals surface area contributed by atoms with Gasteiger partial charge in [-0.3, -0.25) is 0 Å². The van der Waals surface area contributed by atoms with Crippen molar-refractivity contribution in [1.82, 2.24) is 14.9 Å². The number of hydrogen-bond donors (Lipinski definition) is 0.